The van der Waals surface area contributed by atoms with E-state index in [9.17, 15) is 44.8 Å². The molecule has 5 fully saturated rings. The lowest BCUT2D eigenvalue weighted by Crippen LogP contribution is -2.48. The monoisotopic (exact) mass is 710 g/mol. The minimum absolute atomic E-state index is 0.0431. The van der Waals surface area contributed by atoms with Crippen LogP contribution in [0.15, 0.2) is 0 Å². The summed E-state index contributed by atoms with van der Waals surface area (Å²) in [5.74, 6) is -5.20. The summed E-state index contributed by atoms with van der Waals surface area (Å²) in [4.78, 5) is 64.0. The highest BCUT2D eigenvalue weighted by molar-refractivity contribution is 5.85. The average Bonchev–Trinajstić information content (AvgIpc) is 3.09. The molecular formula is C34H54N4O12. The minimum atomic E-state index is -1.07. The van der Waals surface area contributed by atoms with Gasteiger partial charge < -0.3 is 29.8 Å². The van der Waals surface area contributed by atoms with Crippen LogP contribution in [0, 0.1) is 43.9 Å². The van der Waals surface area contributed by atoms with Crippen LogP contribution in [-0.4, -0.2) is 93.1 Å². The van der Waals surface area contributed by atoms with Gasteiger partial charge >= 0.3 is 11.9 Å². The van der Waals surface area contributed by atoms with Crippen LogP contribution >= 0.6 is 0 Å². The van der Waals surface area contributed by atoms with Gasteiger partial charge in [0.15, 0.2) is 0 Å². The number of carbonyl (C=O) groups is 3. The van der Waals surface area contributed by atoms with E-state index in [1.54, 1.807) is 0 Å². The third kappa shape index (κ3) is 10.5. The Bertz CT molecular complexity index is 1190. The van der Waals surface area contributed by atoms with E-state index in [1.165, 1.54) is 0 Å². The molecule has 1 amide bonds. The van der Waals surface area contributed by atoms with Crippen molar-refractivity contribution >= 4 is 17.8 Å². The standard InChI is InChI=1S/C34H54N4O12/c39-32(31-17-24(38(46)47)9-15-30(31)34(42)43)35-21-4-10-25(11-5-21)49-27-2-1-3-28(18-27)50-26-12-6-22(7-13-26)36-48-19-20-16-23(37(44)45)8-14-29(20)33(40)41/h20-31,36H,1-19H2,(H,35,39)(H,40,41)(H,42,43). The predicted molar refractivity (Wildman–Crippen MR) is 176 cm³/mol. The Morgan fingerprint density at radius 2 is 1.12 bits per heavy atom. The van der Waals surface area contributed by atoms with E-state index in [-0.39, 0.29) is 86.0 Å². The van der Waals surface area contributed by atoms with E-state index < -0.39 is 52.6 Å². The number of rotatable bonds is 14. The molecular weight excluding hydrogens is 656 g/mol. The Kier molecular flexibility index (Phi) is 13.8. The molecule has 5 saturated carbocycles. The van der Waals surface area contributed by atoms with Crippen molar-refractivity contribution in [2.45, 2.75) is 164 Å². The number of hydrogen-bond acceptors (Lipinski definition) is 11. The van der Waals surface area contributed by atoms with Gasteiger partial charge in [-0.2, -0.15) is 5.48 Å². The molecule has 5 aliphatic carbocycles. The highest BCUT2D eigenvalue weighted by Crippen LogP contribution is 2.35. The first-order valence-electron chi connectivity index (χ1n) is 18.7. The molecule has 0 heterocycles. The molecule has 282 valence electrons. The van der Waals surface area contributed by atoms with Crippen molar-refractivity contribution in [3.05, 3.63) is 20.2 Å². The van der Waals surface area contributed by atoms with Gasteiger partial charge in [-0.05, 0) is 89.9 Å². The molecule has 5 aliphatic rings. The van der Waals surface area contributed by atoms with E-state index in [0.29, 0.717) is 19.3 Å². The van der Waals surface area contributed by atoms with Gasteiger partial charge in [-0.3, -0.25) is 34.6 Å². The van der Waals surface area contributed by atoms with Crippen molar-refractivity contribution < 1.29 is 48.8 Å². The van der Waals surface area contributed by atoms with Crippen LogP contribution in [0.5, 0.6) is 0 Å². The molecule has 0 spiro atoms. The van der Waals surface area contributed by atoms with Gasteiger partial charge in [0.25, 0.3) is 0 Å². The van der Waals surface area contributed by atoms with Gasteiger partial charge in [-0.1, -0.05) is 0 Å². The SMILES string of the molecule is O=C(O)C1CCC([N+](=O)[O-])CC1CONC1CCC(OC2CCCC(OC3CCC(NC(=O)C4CC([N+](=O)[O-])CCC4C(=O)O)CC3)C2)CC1. The highest BCUT2D eigenvalue weighted by atomic mass is 16.6. The molecule has 0 aromatic carbocycles. The Labute approximate surface area is 292 Å². The Hall–Kier alpha value is -2.95. The summed E-state index contributed by atoms with van der Waals surface area (Å²) in [6.45, 7) is 0.136. The second-order valence-electron chi connectivity index (χ2n) is 15.3. The molecule has 16 nitrogen and oxygen atoms in total. The molecule has 8 unspecified atom stereocenters. The van der Waals surface area contributed by atoms with Crippen molar-refractivity contribution in [2.24, 2.45) is 23.7 Å². The number of carbonyl (C=O) groups excluding carboxylic acids is 1. The Morgan fingerprint density at radius 1 is 0.600 bits per heavy atom. The zero-order chi connectivity index (χ0) is 35.8. The van der Waals surface area contributed by atoms with Crippen molar-refractivity contribution in [3.63, 3.8) is 0 Å². The van der Waals surface area contributed by atoms with E-state index in [4.69, 9.17) is 14.3 Å². The summed E-state index contributed by atoms with van der Waals surface area (Å²) < 4.78 is 13.0. The maximum atomic E-state index is 13.0. The van der Waals surface area contributed by atoms with Crippen LogP contribution in [0.4, 0.5) is 0 Å². The summed E-state index contributed by atoms with van der Waals surface area (Å²) in [7, 11) is 0. The Balaban J connectivity index is 0.969. The van der Waals surface area contributed by atoms with Crippen molar-refractivity contribution in [2.75, 3.05) is 6.61 Å². The third-order valence-electron chi connectivity index (χ3n) is 11.9. The molecule has 0 aromatic rings. The molecule has 4 N–H and O–H groups in total. The van der Waals surface area contributed by atoms with E-state index in [0.717, 1.165) is 64.2 Å². The number of nitro groups is 2. The first-order chi connectivity index (χ1) is 24.0. The number of ether oxygens (including phenoxy) is 2. The van der Waals surface area contributed by atoms with Crippen LogP contribution in [0.25, 0.3) is 0 Å². The van der Waals surface area contributed by atoms with Gasteiger partial charge in [-0.25, -0.2) is 0 Å². The van der Waals surface area contributed by atoms with Crippen LogP contribution in [0.3, 0.4) is 0 Å². The third-order valence-corrected chi connectivity index (χ3v) is 11.9. The smallest absolute Gasteiger partial charge is 0.307 e. The molecule has 50 heavy (non-hydrogen) atoms. The first kappa shape index (κ1) is 38.3. The predicted octanol–water partition coefficient (Wildman–Crippen LogP) is 3.88. The number of nitrogens with one attached hydrogen (secondary N) is 2. The van der Waals surface area contributed by atoms with Crippen LogP contribution in [0.1, 0.15) is 116 Å². The molecule has 5 rings (SSSR count). The molecule has 0 bridgehead atoms. The zero-order valence-electron chi connectivity index (χ0n) is 28.7. The molecule has 0 saturated heterocycles. The van der Waals surface area contributed by atoms with Gasteiger partial charge in [-0.15, -0.1) is 0 Å². The Morgan fingerprint density at radius 3 is 1.66 bits per heavy atom. The maximum Gasteiger partial charge on any atom is 0.307 e. The van der Waals surface area contributed by atoms with E-state index in [2.05, 4.69) is 10.8 Å². The molecule has 16 heteroatoms. The number of nitrogens with zero attached hydrogens (tertiary/aromatic N) is 2. The number of carboxylic acids is 2. The summed E-state index contributed by atoms with van der Waals surface area (Å²) in [6, 6.07) is -1.58. The number of aliphatic carboxylic acids is 2. The first-order valence-corrected chi connectivity index (χ1v) is 18.7. The van der Waals surface area contributed by atoms with E-state index in [1.807, 2.05) is 0 Å². The summed E-state index contributed by atoms with van der Waals surface area (Å²) in [5.41, 5.74) is 3.08. The zero-order valence-corrected chi connectivity index (χ0v) is 28.7. The largest absolute Gasteiger partial charge is 0.481 e. The van der Waals surface area contributed by atoms with Crippen LogP contribution < -0.4 is 10.8 Å². The quantitative estimate of drug-likeness (QED) is 0.148. The normalized spacial score (nSPS) is 38.1. The molecule has 8 atom stereocenters. The van der Waals surface area contributed by atoms with Crippen LogP contribution in [0.2, 0.25) is 0 Å². The number of amides is 1. The second-order valence-corrected chi connectivity index (χ2v) is 15.3. The lowest BCUT2D eigenvalue weighted by atomic mass is 9.76. The van der Waals surface area contributed by atoms with Crippen molar-refractivity contribution in [1.82, 2.24) is 10.8 Å². The number of hydroxylamine groups is 1. The van der Waals surface area contributed by atoms with E-state index >= 15 is 0 Å². The molecule has 0 aromatic heterocycles. The minimum Gasteiger partial charge on any atom is -0.481 e. The molecule has 0 aliphatic heterocycles. The maximum absolute atomic E-state index is 13.0. The number of hydrogen-bond donors (Lipinski definition) is 4. The second kappa shape index (κ2) is 18.0. The van der Waals surface area contributed by atoms with Crippen molar-refractivity contribution in [3.8, 4) is 0 Å². The lowest BCUT2D eigenvalue weighted by molar-refractivity contribution is -0.528. The molecule has 0 radical (unpaired) electrons. The summed E-state index contributed by atoms with van der Waals surface area (Å²) in [5, 5.41) is 44.7. The highest BCUT2D eigenvalue weighted by Gasteiger charge is 2.44. The number of carboxylic acid groups (broad SMARTS) is 2. The average molecular weight is 711 g/mol. The van der Waals surface area contributed by atoms with Gasteiger partial charge in [0.05, 0.1) is 48.8 Å². The summed E-state index contributed by atoms with van der Waals surface area (Å²) >= 11 is 0. The van der Waals surface area contributed by atoms with Gasteiger partial charge in [0, 0.05) is 53.5 Å². The summed E-state index contributed by atoms with van der Waals surface area (Å²) in [6.07, 6.45) is 11.8. The fourth-order valence-electron chi connectivity index (χ4n) is 9.00. The topological polar surface area (TPSA) is 230 Å². The van der Waals surface area contributed by atoms with Gasteiger partial charge in [0.2, 0.25) is 18.0 Å². The fraction of sp³-hybridized carbons (Fsp3) is 0.912. The van der Waals surface area contributed by atoms with Gasteiger partial charge in [0.1, 0.15) is 0 Å². The lowest BCUT2D eigenvalue weighted by Gasteiger charge is -2.38. The van der Waals surface area contributed by atoms with Crippen LogP contribution in [-0.2, 0) is 28.7 Å². The van der Waals surface area contributed by atoms with Crippen molar-refractivity contribution in [1.29, 1.82) is 0 Å². The fourth-order valence-corrected chi connectivity index (χ4v) is 9.00.